The summed E-state index contributed by atoms with van der Waals surface area (Å²) >= 11 is 0. The van der Waals surface area contributed by atoms with Crippen LogP contribution in [-0.4, -0.2) is 25.7 Å². The Kier molecular flexibility index (Phi) is 4.89. The zero-order valence-electron chi connectivity index (χ0n) is 8.09. The molecule has 0 radical (unpaired) electrons. The molecule has 12 heavy (non-hydrogen) atoms. The third-order valence-corrected chi connectivity index (χ3v) is 2.14. The average Bonchev–Trinajstić information content (AvgIpc) is 2.05. The van der Waals surface area contributed by atoms with Gasteiger partial charge in [0.1, 0.15) is 0 Å². The Morgan fingerprint density at radius 3 is 2.42 bits per heavy atom. The summed E-state index contributed by atoms with van der Waals surface area (Å²) in [5.41, 5.74) is -0.191. The maximum Gasteiger partial charge on any atom is 1.00 e. The van der Waals surface area contributed by atoms with Gasteiger partial charge in [-0.05, 0) is 14.1 Å². The number of rotatable bonds is 2. The summed E-state index contributed by atoms with van der Waals surface area (Å²) in [6.07, 6.45) is 8.21. The van der Waals surface area contributed by atoms with E-state index in [1.165, 1.54) is 0 Å². The molecule has 0 aromatic carbocycles. The van der Waals surface area contributed by atoms with Crippen LogP contribution >= 0.6 is 0 Å². The molecule has 0 aromatic rings. The number of hydrogen-bond acceptors (Lipinski definition) is 2. The van der Waals surface area contributed by atoms with Gasteiger partial charge in [-0.3, -0.25) is 0 Å². The van der Waals surface area contributed by atoms with Crippen LogP contribution in [0.3, 0.4) is 0 Å². The molecule has 62 valence electrons. The van der Waals surface area contributed by atoms with Gasteiger partial charge in [-0.15, -0.1) is 0 Å². The minimum absolute atomic E-state index is 0. The first-order valence-electron chi connectivity index (χ1n) is 3.80. The zero-order chi connectivity index (χ0) is 8.32. The second-order valence-electron chi connectivity index (χ2n) is 2.80. The van der Waals surface area contributed by atoms with Gasteiger partial charge in [0.15, 0.2) is 0 Å². The van der Waals surface area contributed by atoms with Crippen molar-refractivity contribution in [3.63, 3.8) is 0 Å². The van der Waals surface area contributed by atoms with Crippen LogP contribution in [0.4, 0.5) is 0 Å². The quantitative estimate of drug-likeness (QED) is 0.343. The van der Waals surface area contributed by atoms with Crippen LogP contribution in [0, 0.1) is 6.92 Å². The Morgan fingerprint density at radius 2 is 2.00 bits per heavy atom. The maximum atomic E-state index is 4.09. The van der Waals surface area contributed by atoms with Crippen LogP contribution in [0.1, 0.15) is 0 Å². The molecule has 2 unspecified atom stereocenters. The third kappa shape index (κ3) is 2.24. The fraction of sp³-hybridized carbons (Fsp3) is 0.444. The Bertz CT molecular complexity index is 189. The molecule has 1 rings (SSSR count). The molecular formula is C9H15LiN2. The predicted molar refractivity (Wildman–Crippen MR) is 48.3 cm³/mol. The van der Waals surface area contributed by atoms with Crippen molar-refractivity contribution in [3.8, 4) is 0 Å². The number of hydrogen-bond donors (Lipinski definition) is 2. The van der Waals surface area contributed by atoms with Gasteiger partial charge in [-0.2, -0.15) is 0 Å². The van der Waals surface area contributed by atoms with E-state index in [1.54, 1.807) is 0 Å². The van der Waals surface area contributed by atoms with Crippen molar-refractivity contribution in [3.05, 3.63) is 31.2 Å². The summed E-state index contributed by atoms with van der Waals surface area (Å²) in [4.78, 5) is 0. The van der Waals surface area contributed by atoms with Crippen molar-refractivity contribution in [2.24, 2.45) is 0 Å². The average molecular weight is 158 g/mol. The first kappa shape index (κ1) is 12.0. The third-order valence-electron chi connectivity index (χ3n) is 2.14. The number of nitrogens with one attached hydrogen (secondary N) is 2. The largest absolute Gasteiger partial charge is 1.00 e. The number of likely N-dealkylation sites (N-methyl/N-ethyl adjacent to an activating group) is 2. The van der Waals surface area contributed by atoms with E-state index < -0.39 is 0 Å². The fourth-order valence-corrected chi connectivity index (χ4v) is 1.27. The normalized spacial score (nSPS) is 33.1. The molecule has 1 aliphatic carbocycles. The monoisotopic (exact) mass is 158 g/mol. The van der Waals surface area contributed by atoms with Gasteiger partial charge in [0, 0.05) is 6.04 Å². The molecule has 0 saturated carbocycles. The van der Waals surface area contributed by atoms with E-state index in [-0.39, 0.29) is 30.4 Å². The standard InChI is InChI=1S/C9H15N2.Li/c1-9(11-3)7-5-4-6-8(9)10-2;/h4-8,10-11H,1H2,2-3H3;/q-1;+1. The van der Waals surface area contributed by atoms with Crippen molar-refractivity contribution in [1.82, 2.24) is 10.6 Å². The van der Waals surface area contributed by atoms with E-state index in [0.717, 1.165) is 0 Å². The smallest absolute Gasteiger partial charge is 0.338 e. The summed E-state index contributed by atoms with van der Waals surface area (Å²) in [7, 11) is 3.85. The Morgan fingerprint density at radius 1 is 1.33 bits per heavy atom. The summed E-state index contributed by atoms with van der Waals surface area (Å²) in [5.74, 6) is 0. The molecule has 0 bridgehead atoms. The molecule has 0 saturated heterocycles. The Hall–Kier alpha value is -0.00260. The Labute approximate surface area is 86.7 Å². The summed E-state index contributed by atoms with van der Waals surface area (Å²) < 4.78 is 0. The van der Waals surface area contributed by atoms with Gasteiger partial charge in [0.25, 0.3) is 0 Å². The zero-order valence-corrected chi connectivity index (χ0v) is 8.09. The van der Waals surface area contributed by atoms with Crippen LogP contribution in [0.2, 0.25) is 0 Å². The van der Waals surface area contributed by atoms with Gasteiger partial charge < -0.3 is 17.6 Å². The van der Waals surface area contributed by atoms with Gasteiger partial charge in [0.2, 0.25) is 0 Å². The van der Waals surface area contributed by atoms with Crippen LogP contribution in [0.25, 0.3) is 0 Å². The Balaban J connectivity index is 0.00000121. The molecular weight excluding hydrogens is 143 g/mol. The van der Waals surface area contributed by atoms with E-state index in [1.807, 2.05) is 26.2 Å². The maximum absolute atomic E-state index is 4.09. The second kappa shape index (κ2) is 4.89. The molecule has 0 fully saturated rings. The first-order valence-corrected chi connectivity index (χ1v) is 3.80. The van der Waals surface area contributed by atoms with Gasteiger partial charge in [0.05, 0.1) is 0 Å². The van der Waals surface area contributed by atoms with Crippen molar-refractivity contribution in [2.75, 3.05) is 14.1 Å². The summed E-state index contributed by atoms with van der Waals surface area (Å²) in [6, 6.07) is 0.275. The molecule has 0 aromatic heterocycles. The molecule has 0 amide bonds. The molecule has 1 aliphatic rings. The van der Waals surface area contributed by atoms with Crippen LogP contribution < -0.4 is 29.5 Å². The van der Waals surface area contributed by atoms with Gasteiger partial charge >= 0.3 is 18.9 Å². The topological polar surface area (TPSA) is 24.1 Å². The minimum Gasteiger partial charge on any atom is -0.338 e. The van der Waals surface area contributed by atoms with E-state index in [2.05, 4.69) is 29.7 Å². The SMILES string of the molecule is [CH2-]C1(NC)C=CC=CC1NC.[Li+]. The van der Waals surface area contributed by atoms with E-state index >= 15 is 0 Å². The molecule has 3 heteroatoms. The molecule has 2 N–H and O–H groups in total. The first-order chi connectivity index (χ1) is 5.23. The van der Waals surface area contributed by atoms with Gasteiger partial charge in [-0.25, -0.2) is 0 Å². The van der Waals surface area contributed by atoms with Crippen LogP contribution in [0.5, 0.6) is 0 Å². The molecule has 2 nitrogen and oxygen atoms in total. The van der Waals surface area contributed by atoms with E-state index in [9.17, 15) is 0 Å². The minimum atomic E-state index is -0.191. The fourth-order valence-electron chi connectivity index (χ4n) is 1.27. The number of allylic oxidation sites excluding steroid dienone is 2. The molecule has 2 atom stereocenters. The van der Waals surface area contributed by atoms with Gasteiger partial charge in [-0.1, -0.05) is 29.8 Å². The predicted octanol–water partition coefficient (Wildman–Crippen LogP) is -2.50. The molecule has 0 aliphatic heterocycles. The van der Waals surface area contributed by atoms with Crippen molar-refractivity contribution in [2.45, 2.75) is 11.6 Å². The molecule has 0 heterocycles. The molecule has 0 spiro atoms. The summed E-state index contributed by atoms with van der Waals surface area (Å²) in [5, 5.41) is 6.35. The van der Waals surface area contributed by atoms with Crippen LogP contribution in [-0.2, 0) is 0 Å². The summed E-state index contributed by atoms with van der Waals surface area (Å²) in [6.45, 7) is 4.09. The van der Waals surface area contributed by atoms with Crippen molar-refractivity contribution < 1.29 is 18.9 Å². The van der Waals surface area contributed by atoms with E-state index in [4.69, 9.17) is 0 Å². The second-order valence-corrected chi connectivity index (χ2v) is 2.80. The van der Waals surface area contributed by atoms with Crippen LogP contribution in [0.15, 0.2) is 24.3 Å². The van der Waals surface area contributed by atoms with Crippen molar-refractivity contribution >= 4 is 0 Å². The van der Waals surface area contributed by atoms with E-state index in [0.29, 0.717) is 0 Å². The van der Waals surface area contributed by atoms with Crippen molar-refractivity contribution in [1.29, 1.82) is 0 Å².